The molecule has 56 valence electrons. The summed E-state index contributed by atoms with van der Waals surface area (Å²) in [6, 6.07) is 0. The lowest BCUT2D eigenvalue weighted by atomic mass is 10.00. The molecule has 2 unspecified atom stereocenters. The Kier molecular flexibility index (Phi) is 1.79. The van der Waals surface area contributed by atoms with Crippen molar-refractivity contribution in [3.63, 3.8) is 0 Å². The van der Waals surface area contributed by atoms with Crippen molar-refractivity contribution in [2.24, 2.45) is 0 Å². The second kappa shape index (κ2) is 2.79. The summed E-state index contributed by atoms with van der Waals surface area (Å²) in [6.07, 6.45) is 10.9. The predicted molar refractivity (Wildman–Crippen MR) is 52.2 cm³/mol. The van der Waals surface area contributed by atoms with Crippen LogP contribution in [0, 0.1) is 0 Å². The molecule has 2 aliphatic rings. The summed E-state index contributed by atoms with van der Waals surface area (Å²) in [5.41, 5.74) is 3.68. The van der Waals surface area contributed by atoms with Crippen LogP contribution in [0.2, 0.25) is 0 Å². The second-order valence-corrected chi connectivity index (χ2v) is 4.14. The van der Waals surface area contributed by atoms with E-state index in [4.69, 9.17) is 0 Å². The topological polar surface area (TPSA) is 0 Å². The normalized spacial score (nSPS) is 29.7. The van der Waals surface area contributed by atoms with E-state index in [1.807, 2.05) is 0 Å². The quantitative estimate of drug-likeness (QED) is 0.480. The zero-order valence-corrected chi connectivity index (χ0v) is 7.54. The van der Waals surface area contributed by atoms with E-state index in [1.54, 1.807) is 0 Å². The van der Waals surface area contributed by atoms with Gasteiger partial charge in [-0.15, -0.1) is 0 Å². The Morgan fingerprint density at radius 3 is 3.00 bits per heavy atom. The molecule has 0 N–H and O–H groups in total. The minimum absolute atomic E-state index is 0.699. The van der Waals surface area contributed by atoms with E-state index in [0.29, 0.717) is 5.66 Å². The van der Waals surface area contributed by atoms with E-state index < -0.39 is 0 Å². The summed E-state index contributed by atoms with van der Waals surface area (Å²) in [4.78, 5) is 0. The van der Waals surface area contributed by atoms with Crippen molar-refractivity contribution >= 4 is 8.58 Å². The molecule has 0 amide bonds. The highest BCUT2D eigenvalue weighted by atomic mass is 31.1. The average Bonchev–Trinajstić information content (AvgIpc) is 2.06. The lowest BCUT2D eigenvalue weighted by molar-refractivity contribution is 1.14. The number of rotatable bonds is 0. The van der Waals surface area contributed by atoms with Crippen LogP contribution < -0.4 is 0 Å². The molecule has 1 heteroatoms. The van der Waals surface area contributed by atoms with Gasteiger partial charge in [0.15, 0.2) is 0 Å². The summed E-state index contributed by atoms with van der Waals surface area (Å²) in [5.74, 6) is 2.27. The van der Waals surface area contributed by atoms with Gasteiger partial charge in [0.2, 0.25) is 0 Å². The van der Waals surface area contributed by atoms with Crippen LogP contribution in [-0.2, 0) is 0 Å². The Morgan fingerprint density at radius 2 is 2.18 bits per heavy atom. The van der Waals surface area contributed by atoms with Gasteiger partial charge in [0.1, 0.15) is 0 Å². The highest BCUT2D eigenvalue weighted by Gasteiger charge is 2.16. The molecule has 0 radical (unpaired) electrons. The monoisotopic (exact) mass is 162 g/mol. The van der Waals surface area contributed by atoms with Crippen molar-refractivity contribution in [2.45, 2.75) is 12.6 Å². The van der Waals surface area contributed by atoms with Gasteiger partial charge in [-0.25, -0.2) is 0 Å². The van der Waals surface area contributed by atoms with E-state index in [2.05, 4.69) is 43.1 Å². The molecule has 0 aromatic heterocycles. The van der Waals surface area contributed by atoms with Gasteiger partial charge in [-0.3, -0.25) is 0 Å². The molecule has 2 rings (SSSR count). The maximum Gasteiger partial charge on any atom is 0.0258 e. The number of fused-ring (bicyclic) bond motifs is 1. The van der Waals surface area contributed by atoms with E-state index in [0.717, 1.165) is 8.58 Å². The molecular weight excluding hydrogens is 151 g/mol. The minimum Gasteiger partial charge on any atom is -0.0865 e. The summed E-state index contributed by atoms with van der Waals surface area (Å²) >= 11 is 0. The van der Waals surface area contributed by atoms with Gasteiger partial charge in [0.25, 0.3) is 0 Å². The van der Waals surface area contributed by atoms with Crippen LogP contribution >= 0.6 is 8.58 Å². The molecular formula is C10H11P. The third-order valence-electron chi connectivity index (χ3n) is 2.08. The first kappa shape index (κ1) is 7.06. The fourth-order valence-electron chi connectivity index (χ4n) is 1.46. The van der Waals surface area contributed by atoms with Crippen LogP contribution in [0.3, 0.4) is 0 Å². The van der Waals surface area contributed by atoms with Crippen LogP contribution in [0.25, 0.3) is 0 Å². The van der Waals surface area contributed by atoms with Crippen molar-refractivity contribution in [1.82, 2.24) is 0 Å². The highest BCUT2D eigenvalue weighted by Crippen LogP contribution is 2.38. The molecule has 1 heterocycles. The fraction of sp³-hybridized carbons (Fsp3) is 0.200. The van der Waals surface area contributed by atoms with Crippen LogP contribution in [0.5, 0.6) is 0 Å². The summed E-state index contributed by atoms with van der Waals surface area (Å²) < 4.78 is 0. The van der Waals surface area contributed by atoms with E-state index in [9.17, 15) is 0 Å². The molecule has 1 aliphatic heterocycles. The smallest absolute Gasteiger partial charge is 0.0258 e. The fourth-order valence-corrected chi connectivity index (χ4v) is 2.60. The van der Waals surface area contributed by atoms with E-state index >= 15 is 0 Å². The highest BCUT2D eigenvalue weighted by molar-refractivity contribution is 7.43. The second-order valence-electron chi connectivity index (χ2n) is 2.90. The van der Waals surface area contributed by atoms with Crippen molar-refractivity contribution < 1.29 is 0 Å². The lowest BCUT2D eigenvalue weighted by Gasteiger charge is -2.22. The van der Waals surface area contributed by atoms with Gasteiger partial charge in [-0.1, -0.05) is 50.4 Å². The maximum absolute atomic E-state index is 2.27. The molecule has 0 bridgehead atoms. The molecule has 0 saturated heterocycles. The molecule has 11 heavy (non-hydrogen) atoms. The van der Waals surface area contributed by atoms with Gasteiger partial charge < -0.3 is 0 Å². The molecule has 0 aromatic carbocycles. The third kappa shape index (κ3) is 1.23. The molecule has 0 aromatic rings. The molecule has 0 fully saturated rings. The Hall–Kier alpha value is -0.610. The average molecular weight is 162 g/mol. The summed E-state index contributed by atoms with van der Waals surface area (Å²) in [6.45, 7) is 2.22. The maximum atomic E-state index is 2.27. The van der Waals surface area contributed by atoms with Crippen LogP contribution in [0.1, 0.15) is 6.92 Å². The van der Waals surface area contributed by atoms with Crippen molar-refractivity contribution in [1.29, 1.82) is 0 Å². The van der Waals surface area contributed by atoms with E-state index in [-0.39, 0.29) is 0 Å². The Balaban J connectivity index is 2.37. The Bertz CT molecular complexity index is 279. The molecule has 0 nitrogen and oxygen atoms in total. The van der Waals surface area contributed by atoms with Gasteiger partial charge in [-0.2, -0.15) is 0 Å². The molecule has 2 atom stereocenters. The van der Waals surface area contributed by atoms with E-state index in [1.165, 1.54) is 11.1 Å². The minimum atomic E-state index is 0.699. The van der Waals surface area contributed by atoms with Gasteiger partial charge in [0.05, 0.1) is 0 Å². The van der Waals surface area contributed by atoms with Gasteiger partial charge in [-0.05, 0) is 12.5 Å². The molecule has 0 spiro atoms. The van der Waals surface area contributed by atoms with Crippen molar-refractivity contribution in [3.8, 4) is 0 Å². The first-order valence-electron chi connectivity index (χ1n) is 3.85. The number of hydrogen-bond acceptors (Lipinski definition) is 0. The lowest BCUT2D eigenvalue weighted by Crippen LogP contribution is -2.08. The Labute approximate surface area is 69.2 Å². The van der Waals surface area contributed by atoms with Crippen LogP contribution in [-0.4, -0.2) is 5.66 Å². The number of allylic oxidation sites excluding steroid dienone is 7. The Morgan fingerprint density at radius 1 is 1.27 bits per heavy atom. The summed E-state index contributed by atoms with van der Waals surface area (Å²) in [5, 5.41) is 0. The molecule has 1 aliphatic carbocycles. The zero-order valence-electron chi connectivity index (χ0n) is 6.54. The zero-order chi connectivity index (χ0) is 7.68. The first-order chi connectivity index (χ1) is 5.38. The number of hydrogen-bond donors (Lipinski definition) is 0. The largest absolute Gasteiger partial charge is 0.0865 e. The standard InChI is InChI=1S/C10H11P/c1-8-4-2-5-9-6-3-7-11-10(8)9/h2-7,10-11H,1H3. The third-order valence-corrected chi connectivity index (χ3v) is 3.59. The van der Waals surface area contributed by atoms with Gasteiger partial charge in [0, 0.05) is 5.66 Å². The predicted octanol–water partition coefficient (Wildman–Crippen LogP) is 3.00. The van der Waals surface area contributed by atoms with Crippen molar-refractivity contribution in [2.75, 3.05) is 0 Å². The van der Waals surface area contributed by atoms with Crippen molar-refractivity contribution in [3.05, 3.63) is 47.3 Å². The van der Waals surface area contributed by atoms with Crippen LogP contribution in [0.4, 0.5) is 0 Å². The summed E-state index contributed by atoms with van der Waals surface area (Å²) in [7, 11) is 0.943. The van der Waals surface area contributed by atoms with Crippen LogP contribution in [0.15, 0.2) is 47.3 Å². The SMILES string of the molecule is CC1=CC=CC2=CC=CPC12. The first-order valence-corrected chi connectivity index (χ1v) is 5.01. The molecule has 0 saturated carbocycles. The van der Waals surface area contributed by atoms with Gasteiger partial charge >= 0.3 is 0 Å².